The van der Waals surface area contributed by atoms with Gasteiger partial charge in [-0.2, -0.15) is 9.97 Å². The number of aromatic nitrogens is 2. The van der Waals surface area contributed by atoms with E-state index in [0.29, 0.717) is 11.8 Å². The summed E-state index contributed by atoms with van der Waals surface area (Å²) in [5.74, 6) is 2.25. The number of nitrogens with one attached hydrogen (secondary N) is 1. The summed E-state index contributed by atoms with van der Waals surface area (Å²) < 4.78 is 5.72. The van der Waals surface area contributed by atoms with Gasteiger partial charge in [0.15, 0.2) is 0 Å². The van der Waals surface area contributed by atoms with E-state index in [9.17, 15) is 0 Å². The van der Waals surface area contributed by atoms with Gasteiger partial charge in [0.1, 0.15) is 5.82 Å². The summed E-state index contributed by atoms with van der Waals surface area (Å²) in [5.41, 5.74) is 5.67. The fourth-order valence-electron chi connectivity index (χ4n) is 2.24. The number of rotatable bonds is 6. The number of nitrogen functional groups attached to an aromatic ring is 1. The first-order valence-corrected chi connectivity index (χ1v) is 6.79. The second-order valence-electron chi connectivity index (χ2n) is 4.84. The van der Waals surface area contributed by atoms with E-state index in [1.165, 1.54) is 25.7 Å². The fraction of sp³-hybridized carbons (Fsp3) is 0.692. The minimum absolute atomic E-state index is 0.262. The van der Waals surface area contributed by atoms with E-state index in [0.717, 1.165) is 25.4 Å². The van der Waals surface area contributed by atoms with E-state index in [1.807, 2.05) is 6.07 Å². The molecule has 1 aromatic rings. The molecule has 5 nitrogen and oxygen atoms in total. The fourth-order valence-corrected chi connectivity index (χ4v) is 2.24. The molecule has 100 valence electrons. The molecule has 0 radical (unpaired) electrons. The van der Waals surface area contributed by atoms with E-state index < -0.39 is 0 Å². The zero-order valence-electron chi connectivity index (χ0n) is 11.0. The van der Waals surface area contributed by atoms with Crippen molar-refractivity contribution in [3.05, 3.63) is 6.07 Å². The molecule has 1 saturated carbocycles. The number of anilines is 2. The van der Waals surface area contributed by atoms with Gasteiger partial charge in [0.25, 0.3) is 0 Å². The lowest BCUT2D eigenvalue weighted by Gasteiger charge is -2.12. The first-order valence-electron chi connectivity index (χ1n) is 6.79. The molecule has 0 unspecified atom stereocenters. The van der Waals surface area contributed by atoms with Gasteiger partial charge in [-0.3, -0.25) is 0 Å². The third-order valence-electron chi connectivity index (χ3n) is 3.22. The van der Waals surface area contributed by atoms with Crippen LogP contribution < -0.4 is 15.8 Å². The molecule has 2 rings (SSSR count). The van der Waals surface area contributed by atoms with Crippen molar-refractivity contribution in [2.75, 3.05) is 24.2 Å². The van der Waals surface area contributed by atoms with Crippen molar-refractivity contribution in [3.63, 3.8) is 0 Å². The van der Waals surface area contributed by atoms with Crippen LogP contribution in [0.3, 0.4) is 0 Å². The molecule has 1 aromatic heterocycles. The van der Waals surface area contributed by atoms with E-state index >= 15 is 0 Å². The summed E-state index contributed by atoms with van der Waals surface area (Å²) in [7, 11) is 0. The summed E-state index contributed by atoms with van der Waals surface area (Å²) in [4.78, 5) is 8.23. The lowest BCUT2D eigenvalue weighted by atomic mass is 10.1. The minimum Gasteiger partial charge on any atom is -0.477 e. The van der Waals surface area contributed by atoms with Gasteiger partial charge in [0.2, 0.25) is 11.8 Å². The van der Waals surface area contributed by atoms with Crippen LogP contribution in [0.1, 0.15) is 39.0 Å². The van der Waals surface area contributed by atoms with Crippen LogP contribution in [0.5, 0.6) is 5.88 Å². The lowest BCUT2D eigenvalue weighted by molar-refractivity contribution is 0.243. The van der Waals surface area contributed by atoms with Gasteiger partial charge in [-0.1, -0.05) is 19.8 Å². The molecule has 3 N–H and O–H groups in total. The quantitative estimate of drug-likeness (QED) is 0.811. The van der Waals surface area contributed by atoms with Crippen LogP contribution >= 0.6 is 0 Å². The molecule has 0 saturated heterocycles. The normalized spacial score (nSPS) is 15.8. The van der Waals surface area contributed by atoms with E-state index in [2.05, 4.69) is 22.2 Å². The zero-order valence-corrected chi connectivity index (χ0v) is 11.0. The van der Waals surface area contributed by atoms with Gasteiger partial charge in [0.05, 0.1) is 6.61 Å². The highest BCUT2D eigenvalue weighted by Crippen LogP contribution is 2.25. The average molecular weight is 250 g/mol. The number of ether oxygens (including phenoxy) is 1. The Bertz CT molecular complexity index is 377. The molecule has 0 bridgehead atoms. The van der Waals surface area contributed by atoms with Crippen molar-refractivity contribution < 1.29 is 4.74 Å². The third kappa shape index (κ3) is 3.75. The molecule has 0 atom stereocenters. The maximum atomic E-state index is 5.72. The van der Waals surface area contributed by atoms with Gasteiger partial charge < -0.3 is 15.8 Å². The minimum atomic E-state index is 0.262. The van der Waals surface area contributed by atoms with E-state index in [1.54, 1.807) is 0 Å². The molecule has 0 aliphatic heterocycles. The predicted molar refractivity (Wildman–Crippen MR) is 72.7 cm³/mol. The van der Waals surface area contributed by atoms with Gasteiger partial charge in [-0.05, 0) is 25.2 Å². The molecule has 18 heavy (non-hydrogen) atoms. The summed E-state index contributed by atoms with van der Waals surface area (Å²) >= 11 is 0. The Kier molecular flexibility index (Phi) is 4.61. The number of hydrogen-bond donors (Lipinski definition) is 2. The first kappa shape index (κ1) is 12.9. The first-order chi connectivity index (χ1) is 8.78. The highest BCUT2D eigenvalue weighted by molar-refractivity contribution is 5.42. The number of nitrogens with zero attached hydrogens (tertiary/aromatic N) is 2. The second kappa shape index (κ2) is 6.42. The highest BCUT2D eigenvalue weighted by Gasteiger charge is 2.16. The van der Waals surface area contributed by atoms with Gasteiger partial charge in [0, 0.05) is 12.6 Å². The summed E-state index contributed by atoms with van der Waals surface area (Å²) in [6, 6.07) is 1.82. The molecule has 1 aliphatic rings. The van der Waals surface area contributed by atoms with E-state index in [4.69, 9.17) is 10.5 Å². The SMILES string of the molecule is CCCNc1cc(OCC2CCCC2)nc(N)n1. The molecular formula is C13H22N4O. The Morgan fingerprint density at radius 3 is 2.89 bits per heavy atom. The van der Waals surface area contributed by atoms with Crippen LogP contribution in [0.25, 0.3) is 0 Å². The molecule has 0 aromatic carbocycles. The lowest BCUT2D eigenvalue weighted by Crippen LogP contribution is -2.11. The van der Waals surface area contributed by atoms with Gasteiger partial charge in [-0.25, -0.2) is 0 Å². The maximum absolute atomic E-state index is 5.72. The van der Waals surface area contributed by atoms with Gasteiger partial charge >= 0.3 is 0 Å². The Morgan fingerprint density at radius 2 is 2.17 bits per heavy atom. The average Bonchev–Trinajstić information content (AvgIpc) is 2.86. The Labute approximate surface area is 108 Å². The number of nitrogens with two attached hydrogens (primary N) is 1. The molecule has 0 amide bonds. The van der Waals surface area contributed by atoms with Crippen molar-refractivity contribution in [1.29, 1.82) is 0 Å². The Morgan fingerprint density at radius 1 is 1.39 bits per heavy atom. The van der Waals surface area contributed by atoms with Crippen LogP contribution in [-0.4, -0.2) is 23.1 Å². The monoisotopic (exact) mass is 250 g/mol. The predicted octanol–water partition coefficient (Wildman–Crippen LogP) is 2.45. The molecule has 1 heterocycles. The third-order valence-corrected chi connectivity index (χ3v) is 3.22. The number of hydrogen-bond acceptors (Lipinski definition) is 5. The highest BCUT2D eigenvalue weighted by atomic mass is 16.5. The second-order valence-corrected chi connectivity index (χ2v) is 4.84. The van der Waals surface area contributed by atoms with Crippen molar-refractivity contribution in [2.45, 2.75) is 39.0 Å². The summed E-state index contributed by atoms with van der Waals surface area (Å²) in [5, 5.41) is 3.19. The molecule has 5 heteroatoms. The Balaban J connectivity index is 1.91. The van der Waals surface area contributed by atoms with Crippen molar-refractivity contribution in [3.8, 4) is 5.88 Å². The van der Waals surface area contributed by atoms with Crippen LogP contribution in [0, 0.1) is 5.92 Å². The molecule has 0 spiro atoms. The van der Waals surface area contributed by atoms with Crippen LogP contribution in [0.2, 0.25) is 0 Å². The zero-order chi connectivity index (χ0) is 12.8. The summed E-state index contributed by atoms with van der Waals surface area (Å²) in [6.07, 6.45) is 6.22. The standard InChI is InChI=1S/C13H22N4O/c1-2-7-15-11-8-12(17-13(14)16-11)18-9-10-5-3-4-6-10/h8,10H,2-7,9H2,1H3,(H3,14,15,16,17). The van der Waals surface area contributed by atoms with Crippen LogP contribution in [0.4, 0.5) is 11.8 Å². The Hall–Kier alpha value is -1.52. The van der Waals surface area contributed by atoms with Crippen molar-refractivity contribution in [1.82, 2.24) is 9.97 Å². The molecular weight excluding hydrogens is 228 g/mol. The smallest absolute Gasteiger partial charge is 0.225 e. The molecule has 1 fully saturated rings. The molecule has 1 aliphatic carbocycles. The van der Waals surface area contributed by atoms with Crippen molar-refractivity contribution >= 4 is 11.8 Å². The summed E-state index contributed by atoms with van der Waals surface area (Å²) in [6.45, 7) is 3.72. The maximum Gasteiger partial charge on any atom is 0.225 e. The van der Waals surface area contributed by atoms with Crippen LogP contribution in [0.15, 0.2) is 6.07 Å². The van der Waals surface area contributed by atoms with E-state index in [-0.39, 0.29) is 5.95 Å². The van der Waals surface area contributed by atoms with Gasteiger partial charge in [-0.15, -0.1) is 0 Å². The van der Waals surface area contributed by atoms with Crippen molar-refractivity contribution in [2.24, 2.45) is 5.92 Å². The topological polar surface area (TPSA) is 73.1 Å². The largest absolute Gasteiger partial charge is 0.477 e. The van der Waals surface area contributed by atoms with Crippen LogP contribution in [-0.2, 0) is 0 Å².